The SMILES string of the molecule is O=C([O-])COCc1cccnc1. The second kappa shape index (κ2) is 4.46. The van der Waals surface area contributed by atoms with Crippen molar-refractivity contribution in [2.24, 2.45) is 0 Å². The van der Waals surface area contributed by atoms with E-state index in [1.54, 1.807) is 18.5 Å². The first-order chi connectivity index (χ1) is 5.79. The van der Waals surface area contributed by atoms with Gasteiger partial charge in [-0.05, 0) is 11.6 Å². The molecule has 1 aromatic heterocycles. The summed E-state index contributed by atoms with van der Waals surface area (Å²) in [5.74, 6) is -1.21. The molecule has 0 aromatic carbocycles. The molecule has 12 heavy (non-hydrogen) atoms. The van der Waals surface area contributed by atoms with Crippen molar-refractivity contribution in [1.82, 2.24) is 4.98 Å². The minimum absolute atomic E-state index is 0.252. The Balaban J connectivity index is 2.29. The summed E-state index contributed by atoms with van der Waals surface area (Å²) in [6.07, 6.45) is 3.26. The third-order valence-electron chi connectivity index (χ3n) is 1.21. The van der Waals surface area contributed by atoms with Gasteiger partial charge in [0.1, 0.15) is 0 Å². The van der Waals surface area contributed by atoms with Crippen LogP contribution in [0.25, 0.3) is 0 Å². The number of carboxylic acids is 1. The number of aliphatic carboxylic acids is 1. The molecule has 0 fully saturated rings. The molecule has 1 heterocycles. The number of rotatable bonds is 4. The van der Waals surface area contributed by atoms with Crippen LogP contribution in [0.3, 0.4) is 0 Å². The van der Waals surface area contributed by atoms with Crippen LogP contribution in [-0.2, 0) is 16.1 Å². The van der Waals surface area contributed by atoms with Crippen molar-refractivity contribution in [2.75, 3.05) is 6.61 Å². The first-order valence-electron chi connectivity index (χ1n) is 3.45. The van der Waals surface area contributed by atoms with Gasteiger partial charge in [0.15, 0.2) is 0 Å². The molecule has 0 aliphatic rings. The fourth-order valence-electron chi connectivity index (χ4n) is 0.736. The minimum atomic E-state index is -1.21. The van der Waals surface area contributed by atoms with Crippen LogP contribution in [0.1, 0.15) is 5.56 Å². The van der Waals surface area contributed by atoms with E-state index in [2.05, 4.69) is 4.98 Å². The molecule has 1 rings (SSSR count). The van der Waals surface area contributed by atoms with Gasteiger partial charge < -0.3 is 14.6 Å². The highest BCUT2D eigenvalue weighted by Crippen LogP contribution is 1.96. The largest absolute Gasteiger partial charge is 0.548 e. The maximum Gasteiger partial charge on any atom is 0.0865 e. The van der Waals surface area contributed by atoms with Crippen molar-refractivity contribution < 1.29 is 14.6 Å². The minimum Gasteiger partial charge on any atom is -0.548 e. The van der Waals surface area contributed by atoms with Crippen LogP contribution >= 0.6 is 0 Å². The summed E-state index contributed by atoms with van der Waals surface area (Å²) >= 11 is 0. The number of hydrogen-bond acceptors (Lipinski definition) is 4. The van der Waals surface area contributed by atoms with Crippen LogP contribution in [0.2, 0.25) is 0 Å². The average molecular weight is 166 g/mol. The number of ether oxygens (including phenoxy) is 1. The van der Waals surface area contributed by atoms with Crippen molar-refractivity contribution in [1.29, 1.82) is 0 Å². The molecule has 0 spiro atoms. The quantitative estimate of drug-likeness (QED) is 0.596. The van der Waals surface area contributed by atoms with Gasteiger partial charge in [0.25, 0.3) is 0 Å². The van der Waals surface area contributed by atoms with Gasteiger partial charge in [-0.2, -0.15) is 0 Å². The molecule has 0 radical (unpaired) electrons. The molecular weight excluding hydrogens is 158 g/mol. The van der Waals surface area contributed by atoms with Crippen LogP contribution in [0.4, 0.5) is 0 Å². The Morgan fingerprint density at radius 1 is 1.67 bits per heavy atom. The van der Waals surface area contributed by atoms with Gasteiger partial charge in [-0.1, -0.05) is 6.07 Å². The van der Waals surface area contributed by atoms with E-state index in [1.165, 1.54) is 0 Å². The van der Waals surface area contributed by atoms with Gasteiger partial charge in [-0.3, -0.25) is 4.98 Å². The Labute approximate surface area is 69.8 Å². The maximum absolute atomic E-state index is 9.94. The molecule has 0 unspecified atom stereocenters. The molecule has 0 aliphatic carbocycles. The third-order valence-corrected chi connectivity index (χ3v) is 1.21. The molecule has 64 valence electrons. The Morgan fingerprint density at radius 2 is 2.50 bits per heavy atom. The molecule has 4 nitrogen and oxygen atoms in total. The summed E-state index contributed by atoms with van der Waals surface area (Å²) < 4.78 is 4.78. The van der Waals surface area contributed by atoms with Crippen LogP contribution in [0, 0.1) is 0 Å². The lowest BCUT2D eigenvalue weighted by atomic mass is 10.3. The molecule has 0 saturated carbocycles. The van der Waals surface area contributed by atoms with Gasteiger partial charge in [0, 0.05) is 12.4 Å². The standard InChI is InChI=1S/C8H9NO3/c10-8(11)6-12-5-7-2-1-3-9-4-7/h1-4H,5-6H2,(H,10,11)/p-1. The number of aromatic nitrogens is 1. The normalized spacial score (nSPS) is 9.67. The molecule has 0 saturated heterocycles. The second-order valence-electron chi connectivity index (χ2n) is 2.23. The van der Waals surface area contributed by atoms with Crippen molar-refractivity contribution >= 4 is 5.97 Å². The molecule has 0 amide bonds. The number of carbonyl (C=O) groups excluding carboxylic acids is 1. The van der Waals surface area contributed by atoms with E-state index < -0.39 is 5.97 Å². The van der Waals surface area contributed by atoms with Gasteiger partial charge in [-0.15, -0.1) is 0 Å². The first-order valence-corrected chi connectivity index (χ1v) is 3.45. The second-order valence-corrected chi connectivity index (χ2v) is 2.23. The highest BCUT2D eigenvalue weighted by Gasteiger charge is 1.91. The zero-order chi connectivity index (χ0) is 8.81. The predicted molar refractivity (Wildman–Crippen MR) is 38.9 cm³/mol. The molecule has 0 bridgehead atoms. The zero-order valence-electron chi connectivity index (χ0n) is 6.40. The molecule has 0 N–H and O–H groups in total. The van der Waals surface area contributed by atoms with Gasteiger partial charge in [-0.25, -0.2) is 0 Å². The van der Waals surface area contributed by atoms with Crippen LogP contribution in [0.5, 0.6) is 0 Å². The van der Waals surface area contributed by atoms with E-state index in [1.807, 2.05) is 6.07 Å². The molecule has 4 heteroatoms. The summed E-state index contributed by atoms with van der Waals surface area (Å²) in [5.41, 5.74) is 0.846. The molecule has 0 atom stereocenters. The summed E-state index contributed by atoms with van der Waals surface area (Å²) in [5, 5.41) is 9.94. The molecular formula is C8H8NO3-. The van der Waals surface area contributed by atoms with Crippen molar-refractivity contribution in [3.05, 3.63) is 30.1 Å². The Bertz CT molecular complexity index is 248. The molecule has 1 aromatic rings. The van der Waals surface area contributed by atoms with Crippen molar-refractivity contribution in [3.63, 3.8) is 0 Å². The Morgan fingerprint density at radius 3 is 3.08 bits per heavy atom. The van der Waals surface area contributed by atoms with E-state index in [-0.39, 0.29) is 13.2 Å². The summed E-state index contributed by atoms with van der Waals surface area (Å²) in [7, 11) is 0. The van der Waals surface area contributed by atoms with Crippen molar-refractivity contribution in [3.8, 4) is 0 Å². The lowest BCUT2D eigenvalue weighted by molar-refractivity contribution is -0.309. The van der Waals surface area contributed by atoms with Crippen LogP contribution in [0.15, 0.2) is 24.5 Å². The van der Waals surface area contributed by atoms with Crippen LogP contribution < -0.4 is 5.11 Å². The smallest absolute Gasteiger partial charge is 0.0865 e. The van der Waals surface area contributed by atoms with Gasteiger partial charge in [0.2, 0.25) is 0 Å². The highest BCUT2D eigenvalue weighted by molar-refractivity contribution is 5.65. The Hall–Kier alpha value is -1.42. The molecule has 0 aliphatic heterocycles. The van der Waals surface area contributed by atoms with E-state index in [0.717, 1.165) is 5.56 Å². The fourth-order valence-corrected chi connectivity index (χ4v) is 0.736. The first kappa shape index (κ1) is 8.67. The predicted octanol–water partition coefficient (Wildman–Crippen LogP) is -0.652. The fraction of sp³-hybridized carbons (Fsp3) is 0.250. The monoisotopic (exact) mass is 166 g/mol. The number of carbonyl (C=O) groups is 1. The summed E-state index contributed by atoms with van der Waals surface area (Å²) in [6, 6.07) is 3.57. The highest BCUT2D eigenvalue weighted by atomic mass is 16.5. The summed E-state index contributed by atoms with van der Waals surface area (Å²) in [6.45, 7) is -0.128. The van der Waals surface area contributed by atoms with E-state index in [0.29, 0.717) is 0 Å². The average Bonchev–Trinajstić information content (AvgIpc) is 2.05. The number of hydrogen-bond donors (Lipinski definition) is 0. The number of pyridine rings is 1. The number of nitrogens with zero attached hydrogens (tertiary/aromatic N) is 1. The summed E-state index contributed by atoms with van der Waals surface area (Å²) in [4.78, 5) is 13.8. The lowest BCUT2D eigenvalue weighted by Gasteiger charge is -2.03. The number of carboxylic acid groups (broad SMARTS) is 1. The topological polar surface area (TPSA) is 62.2 Å². The van der Waals surface area contributed by atoms with Crippen molar-refractivity contribution in [2.45, 2.75) is 6.61 Å². The third kappa shape index (κ3) is 3.12. The van der Waals surface area contributed by atoms with Crippen LogP contribution in [-0.4, -0.2) is 17.6 Å². The van der Waals surface area contributed by atoms with E-state index in [4.69, 9.17) is 4.74 Å². The Kier molecular flexibility index (Phi) is 3.22. The van der Waals surface area contributed by atoms with Gasteiger partial charge in [0.05, 0.1) is 19.2 Å². The van der Waals surface area contributed by atoms with E-state index >= 15 is 0 Å². The van der Waals surface area contributed by atoms with Gasteiger partial charge >= 0.3 is 0 Å². The lowest BCUT2D eigenvalue weighted by Crippen LogP contribution is -2.27. The zero-order valence-corrected chi connectivity index (χ0v) is 6.40. The van der Waals surface area contributed by atoms with E-state index in [9.17, 15) is 9.90 Å². The maximum atomic E-state index is 9.94.